The van der Waals surface area contributed by atoms with Crippen molar-refractivity contribution < 1.29 is 28.1 Å². The first-order valence-corrected chi connectivity index (χ1v) is 9.55. The molecule has 2 aromatic heterocycles. The fraction of sp³-hybridized carbons (Fsp3) is 0.143. The molecule has 0 fully saturated rings. The standard InChI is InChI=1S/C21H14N4O7/c26-19(11-23-20(27)13-6-5-12(25(29)30)9-14(13)21(23)28)24-16(18-4-2-8-32-18)10-15(22-24)17-3-1-7-31-17/h1-9,16H,10-11H2. The van der Waals surface area contributed by atoms with Gasteiger partial charge in [-0.3, -0.25) is 29.4 Å². The number of hydrogen-bond acceptors (Lipinski definition) is 8. The molecule has 0 saturated heterocycles. The number of nitro groups is 1. The summed E-state index contributed by atoms with van der Waals surface area (Å²) in [6, 6.07) is 9.61. The summed E-state index contributed by atoms with van der Waals surface area (Å²) in [5.74, 6) is -1.10. The fourth-order valence-electron chi connectivity index (χ4n) is 3.78. The number of hydrogen-bond donors (Lipinski definition) is 0. The largest absolute Gasteiger partial charge is 0.467 e. The molecule has 0 bridgehead atoms. The lowest BCUT2D eigenvalue weighted by atomic mass is 10.1. The maximum atomic E-state index is 13.1. The number of carbonyl (C=O) groups is 3. The molecule has 5 rings (SSSR count). The number of nitro benzene ring substituents is 1. The topological polar surface area (TPSA) is 139 Å². The summed E-state index contributed by atoms with van der Waals surface area (Å²) in [7, 11) is 0. The number of benzene rings is 1. The lowest BCUT2D eigenvalue weighted by Crippen LogP contribution is -2.41. The van der Waals surface area contributed by atoms with Gasteiger partial charge in [0.25, 0.3) is 23.4 Å². The zero-order valence-corrected chi connectivity index (χ0v) is 16.3. The highest BCUT2D eigenvalue weighted by Gasteiger charge is 2.41. The Morgan fingerprint density at radius 3 is 2.53 bits per heavy atom. The van der Waals surface area contributed by atoms with Crippen molar-refractivity contribution in [3.63, 3.8) is 0 Å². The second-order valence-corrected chi connectivity index (χ2v) is 7.18. The number of amides is 3. The quantitative estimate of drug-likeness (QED) is 0.342. The van der Waals surface area contributed by atoms with E-state index in [-0.39, 0.29) is 16.8 Å². The summed E-state index contributed by atoms with van der Waals surface area (Å²) in [6.07, 6.45) is 3.28. The van der Waals surface area contributed by atoms with Crippen molar-refractivity contribution in [1.29, 1.82) is 0 Å². The summed E-state index contributed by atoms with van der Waals surface area (Å²) < 4.78 is 10.8. The highest BCUT2D eigenvalue weighted by atomic mass is 16.6. The van der Waals surface area contributed by atoms with Crippen molar-refractivity contribution in [2.45, 2.75) is 12.5 Å². The maximum absolute atomic E-state index is 13.1. The predicted octanol–water partition coefficient (Wildman–Crippen LogP) is 2.75. The van der Waals surface area contributed by atoms with E-state index in [0.29, 0.717) is 23.7 Å². The monoisotopic (exact) mass is 434 g/mol. The molecule has 1 unspecified atom stereocenters. The second kappa shape index (κ2) is 7.30. The Morgan fingerprint density at radius 1 is 1.09 bits per heavy atom. The number of carbonyl (C=O) groups excluding carboxylic acids is 3. The SMILES string of the molecule is O=C1c2ccc([N+](=O)[O-])cc2C(=O)N1CC(=O)N1N=C(c2ccco2)CC1c1ccco1. The van der Waals surface area contributed by atoms with Crippen LogP contribution in [0.1, 0.15) is 44.7 Å². The van der Waals surface area contributed by atoms with Crippen molar-refractivity contribution >= 4 is 29.1 Å². The third-order valence-corrected chi connectivity index (χ3v) is 5.30. The maximum Gasteiger partial charge on any atom is 0.270 e. The molecule has 3 aromatic rings. The van der Waals surface area contributed by atoms with E-state index in [0.717, 1.165) is 17.0 Å². The lowest BCUT2D eigenvalue weighted by Gasteiger charge is -2.22. The van der Waals surface area contributed by atoms with Gasteiger partial charge in [-0.2, -0.15) is 5.10 Å². The minimum atomic E-state index is -0.772. The van der Waals surface area contributed by atoms with Gasteiger partial charge in [0.2, 0.25) is 0 Å². The Kier molecular flexibility index (Phi) is 4.43. The van der Waals surface area contributed by atoms with Crippen LogP contribution in [0.5, 0.6) is 0 Å². The van der Waals surface area contributed by atoms with Gasteiger partial charge in [-0.1, -0.05) is 0 Å². The third kappa shape index (κ3) is 3.07. The van der Waals surface area contributed by atoms with E-state index in [2.05, 4.69) is 5.10 Å². The smallest absolute Gasteiger partial charge is 0.270 e. The van der Waals surface area contributed by atoms with Crippen LogP contribution in [-0.4, -0.2) is 44.8 Å². The van der Waals surface area contributed by atoms with Crippen LogP contribution in [0, 0.1) is 10.1 Å². The molecule has 1 atom stereocenters. The molecule has 0 N–H and O–H groups in total. The van der Waals surface area contributed by atoms with Crippen LogP contribution in [0.2, 0.25) is 0 Å². The molecule has 4 heterocycles. The zero-order chi connectivity index (χ0) is 22.4. The van der Waals surface area contributed by atoms with Gasteiger partial charge in [0.15, 0.2) is 0 Å². The summed E-state index contributed by atoms with van der Waals surface area (Å²) in [4.78, 5) is 49.7. The molecule has 11 nitrogen and oxygen atoms in total. The van der Waals surface area contributed by atoms with Gasteiger partial charge in [-0.15, -0.1) is 0 Å². The van der Waals surface area contributed by atoms with E-state index in [9.17, 15) is 24.5 Å². The highest BCUT2D eigenvalue weighted by Crippen LogP contribution is 2.34. The molecule has 2 aliphatic rings. The zero-order valence-electron chi connectivity index (χ0n) is 16.3. The average Bonchev–Trinajstić information content (AvgIpc) is 3.57. The van der Waals surface area contributed by atoms with E-state index in [1.165, 1.54) is 23.6 Å². The van der Waals surface area contributed by atoms with Crippen molar-refractivity contribution in [1.82, 2.24) is 9.91 Å². The summed E-state index contributed by atoms with van der Waals surface area (Å²) in [6.45, 7) is -0.577. The van der Waals surface area contributed by atoms with Crippen LogP contribution in [-0.2, 0) is 4.79 Å². The molecule has 0 aliphatic carbocycles. The predicted molar refractivity (Wildman–Crippen MR) is 107 cm³/mol. The minimum Gasteiger partial charge on any atom is -0.467 e. The van der Waals surface area contributed by atoms with E-state index >= 15 is 0 Å². The number of furan rings is 2. The van der Waals surface area contributed by atoms with E-state index in [4.69, 9.17) is 8.83 Å². The summed E-state index contributed by atoms with van der Waals surface area (Å²) in [5.41, 5.74) is 0.101. The van der Waals surface area contributed by atoms with Crippen LogP contribution in [0.25, 0.3) is 0 Å². The van der Waals surface area contributed by atoms with Gasteiger partial charge >= 0.3 is 0 Å². The van der Waals surface area contributed by atoms with Gasteiger partial charge in [-0.25, -0.2) is 5.01 Å². The molecule has 0 spiro atoms. The van der Waals surface area contributed by atoms with E-state index < -0.39 is 35.2 Å². The van der Waals surface area contributed by atoms with Crippen molar-refractivity contribution in [3.05, 3.63) is 87.8 Å². The Morgan fingerprint density at radius 2 is 1.84 bits per heavy atom. The lowest BCUT2D eigenvalue weighted by molar-refractivity contribution is -0.384. The summed E-state index contributed by atoms with van der Waals surface area (Å²) >= 11 is 0. The van der Waals surface area contributed by atoms with Crippen molar-refractivity contribution in [2.24, 2.45) is 5.10 Å². The van der Waals surface area contributed by atoms with Gasteiger partial charge in [0, 0.05) is 18.6 Å². The molecule has 160 valence electrons. The number of rotatable bonds is 5. The second-order valence-electron chi connectivity index (χ2n) is 7.18. The number of fused-ring (bicyclic) bond motifs is 1. The molecular formula is C21H14N4O7. The van der Waals surface area contributed by atoms with Crippen LogP contribution < -0.4 is 0 Å². The van der Waals surface area contributed by atoms with Gasteiger partial charge in [-0.05, 0) is 30.3 Å². The molecule has 1 aromatic carbocycles. The Labute approximate surface area is 179 Å². The van der Waals surface area contributed by atoms with Gasteiger partial charge in [0.05, 0.1) is 28.6 Å². The van der Waals surface area contributed by atoms with Crippen molar-refractivity contribution in [2.75, 3.05) is 6.54 Å². The number of non-ortho nitro benzene ring substituents is 1. The molecule has 11 heteroatoms. The molecule has 2 aliphatic heterocycles. The number of hydrazone groups is 1. The van der Waals surface area contributed by atoms with Gasteiger partial charge in [0.1, 0.15) is 29.8 Å². The van der Waals surface area contributed by atoms with E-state index in [1.54, 1.807) is 24.3 Å². The average molecular weight is 434 g/mol. The van der Waals surface area contributed by atoms with Crippen LogP contribution >= 0.6 is 0 Å². The van der Waals surface area contributed by atoms with Crippen LogP contribution in [0.15, 0.2) is 68.9 Å². The van der Waals surface area contributed by atoms with Crippen molar-refractivity contribution in [3.8, 4) is 0 Å². The first-order valence-electron chi connectivity index (χ1n) is 9.55. The first-order chi connectivity index (χ1) is 15.4. The van der Waals surface area contributed by atoms with Crippen LogP contribution in [0.4, 0.5) is 5.69 Å². The molecule has 0 saturated carbocycles. The number of imide groups is 1. The summed E-state index contributed by atoms with van der Waals surface area (Å²) in [5, 5.41) is 16.5. The fourth-order valence-corrected chi connectivity index (χ4v) is 3.78. The molecular weight excluding hydrogens is 420 g/mol. The van der Waals surface area contributed by atoms with Crippen LogP contribution in [0.3, 0.4) is 0 Å². The van der Waals surface area contributed by atoms with E-state index in [1.807, 2.05) is 0 Å². The highest BCUT2D eigenvalue weighted by molar-refractivity contribution is 6.22. The normalized spacial score (nSPS) is 17.6. The molecule has 3 amide bonds. The Hall–Kier alpha value is -4.54. The third-order valence-electron chi connectivity index (χ3n) is 5.30. The Bertz CT molecular complexity index is 1280. The molecule has 0 radical (unpaired) electrons. The number of nitrogens with zero attached hydrogens (tertiary/aromatic N) is 4. The minimum absolute atomic E-state index is 0.0113. The molecule has 32 heavy (non-hydrogen) atoms. The first kappa shape index (κ1) is 19.4. The van der Waals surface area contributed by atoms with Gasteiger partial charge < -0.3 is 8.83 Å². The Balaban J connectivity index is 1.42.